The Balaban J connectivity index is 2.56. The first-order valence-corrected chi connectivity index (χ1v) is 5.91. The molecule has 0 atom stereocenters. The van der Waals surface area contributed by atoms with E-state index in [1.54, 1.807) is 19.1 Å². The molecule has 1 aromatic carbocycles. The van der Waals surface area contributed by atoms with Crippen LogP contribution in [0.25, 0.3) is 10.1 Å². The zero-order valence-electron chi connectivity index (χ0n) is 8.49. The summed E-state index contributed by atoms with van der Waals surface area (Å²) >= 11 is 7.32. The number of esters is 1. The van der Waals surface area contributed by atoms with Crippen molar-refractivity contribution < 1.29 is 14.6 Å². The number of thiophene rings is 1. The van der Waals surface area contributed by atoms with Crippen LogP contribution < -0.4 is 0 Å². The van der Waals surface area contributed by atoms with Gasteiger partial charge < -0.3 is 9.84 Å². The summed E-state index contributed by atoms with van der Waals surface area (Å²) in [5.41, 5.74) is 0. The highest BCUT2D eigenvalue weighted by molar-refractivity contribution is 7.21. The Hall–Kier alpha value is -1.26. The molecule has 0 aliphatic rings. The Morgan fingerprint density at radius 2 is 2.31 bits per heavy atom. The third kappa shape index (κ3) is 1.86. The molecule has 0 fully saturated rings. The zero-order chi connectivity index (χ0) is 11.7. The van der Waals surface area contributed by atoms with E-state index in [4.69, 9.17) is 16.3 Å². The van der Waals surface area contributed by atoms with E-state index < -0.39 is 5.97 Å². The van der Waals surface area contributed by atoms with Crippen molar-refractivity contribution in [1.82, 2.24) is 0 Å². The van der Waals surface area contributed by atoms with Crippen molar-refractivity contribution in [2.75, 3.05) is 6.61 Å². The molecule has 0 unspecified atom stereocenters. The first-order valence-electron chi connectivity index (χ1n) is 4.71. The smallest absolute Gasteiger partial charge is 0.349 e. The van der Waals surface area contributed by atoms with Gasteiger partial charge in [0.2, 0.25) is 0 Å². The number of carbonyl (C=O) groups excluding carboxylic acids is 1. The van der Waals surface area contributed by atoms with Gasteiger partial charge in [-0.25, -0.2) is 4.79 Å². The average Bonchev–Trinajstić information content (AvgIpc) is 2.57. The summed E-state index contributed by atoms with van der Waals surface area (Å²) in [4.78, 5) is 11.9. The Morgan fingerprint density at radius 1 is 1.56 bits per heavy atom. The Labute approximate surface area is 101 Å². The number of ether oxygens (including phenoxy) is 1. The molecule has 0 radical (unpaired) electrons. The second kappa shape index (κ2) is 4.31. The highest BCUT2D eigenvalue weighted by atomic mass is 35.5. The molecule has 0 spiro atoms. The van der Waals surface area contributed by atoms with Crippen molar-refractivity contribution >= 4 is 39.0 Å². The second-order valence-corrected chi connectivity index (χ2v) is 4.58. The molecule has 1 aromatic heterocycles. The molecule has 5 heteroatoms. The van der Waals surface area contributed by atoms with Gasteiger partial charge in [0.15, 0.2) is 0 Å². The average molecular weight is 257 g/mol. The van der Waals surface area contributed by atoms with E-state index in [0.717, 1.165) is 4.70 Å². The fourth-order valence-electron chi connectivity index (χ4n) is 1.38. The highest BCUT2D eigenvalue weighted by Gasteiger charge is 2.18. The number of rotatable bonds is 2. The quantitative estimate of drug-likeness (QED) is 0.838. The molecule has 1 heterocycles. The molecule has 16 heavy (non-hydrogen) atoms. The molecule has 84 valence electrons. The van der Waals surface area contributed by atoms with Gasteiger partial charge in [-0.2, -0.15) is 0 Å². The van der Waals surface area contributed by atoms with E-state index in [1.165, 1.54) is 17.4 Å². The van der Waals surface area contributed by atoms with Crippen molar-refractivity contribution in [2.45, 2.75) is 6.92 Å². The summed E-state index contributed by atoms with van der Waals surface area (Å²) in [6.07, 6.45) is 0. The number of phenols is 1. The van der Waals surface area contributed by atoms with Crippen LogP contribution in [0.2, 0.25) is 5.02 Å². The van der Waals surface area contributed by atoms with Gasteiger partial charge in [-0.15, -0.1) is 11.3 Å². The lowest BCUT2D eigenvalue weighted by atomic mass is 10.2. The standard InChI is InChI=1S/C11H9ClO3S/c1-2-15-11(14)10-9(12)7-5-6(13)3-4-8(7)16-10/h3-5,13H,2H2,1H3. The van der Waals surface area contributed by atoms with Crippen LogP contribution in [-0.4, -0.2) is 17.7 Å². The third-order valence-electron chi connectivity index (χ3n) is 2.07. The van der Waals surface area contributed by atoms with Gasteiger partial charge in [-0.1, -0.05) is 11.6 Å². The van der Waals surface area contributed by atoms with E-state index in [0.29, 0.717) is 21.9 Å². The van der Waals surface area contributed by atoms with E-state index in [-0.39, 0.29) is 5.75 Å². The predicted octanol–water partition coefficient (Wildman–Crippen LogP) is 3.44. The molecule has 0 bridgehead atoms. The summed E-state index contributed by atoms with van der Waals surface area (Å²) in [6, 6.07) is 4.82. The lowest BCUT2D eigenvalue weighted by Crippen LogP contribution is -2.02. The molecule has 2 aromatic rings. The van der Waals surface area contributed by atoms with Crippen LogP contribution in [0.3, 0.4) is 0 Å². The fraction of sp³-hybridized carbons (Fsp3) is 0.182. The summed E-state index contributed by atoms with van der Waals surface area (Å²) in [6.45, 7) is 2.06. The molecule has 0 aliphatic carbocycles. The van der Waals surface area contributed by atoms with E-state index in [2.05, 4.69) is 0 Å². The van der Waals surface area contributed by atoms with Gasteiger partial charge in [0.25, 0.3) is 0 Å². The predicted molar refractivity (Wildman–Crippen MR) is 64.5 cm³/mol. The number of hydrogen-bond acceptors (Lipinski definition) is 4. The number of phenolic OH excluding ortho intramolecular Hbond substituents is 1. The maximum atomic E-state index is 11.6. The number of carbonyl (C=O) groups is 1. The normalized spacial score (nSPS) is 10.6. The molecule has 0 saturated heterocycles. The first kappa shape index (κ1) is 11.2. The topological polar surface area (TPSA) is 46.5 Å². The summed E-state index contributed by atoms with van der Waals surface area (Å²) < 4.78 is 5.75. The summed E-state index contributed by atoms with van der Waals surface area (Å²) in [5, 5.41) is 10.4. The second-order valence-electron chi connectivity index (χ2n) is 3.15. The van der Waals surface area contributed by atoms with Crippen molar-refractivity contribution in [3.63, 3.8) is 0 Å². The maximum absolute atomic E-state index is 11.6. The van der Waals surface area contributed by atoms with Gasteiger partial charge in [0, 0.05) is 10.1 Å². The number of halogens is 1. The zero-order valence-corrected chi connectivity index (χ0v) is 10.1. The Kier molecular flexibility index (Phi) is 3.03. The Morgan fingerprint density at radius 3 is 3.00 bits per heavy atom. The molecule has 0 aliphatic heterocycles. The number of benzene rings is 1. The number of hydrogen-bond donors (Lipinski definition) is 1. The monoisotopic (exact) mass is 256 g/mol. The number of aromatic hydroxyl groups is 1. The van der Waals surface area contributed by atoms with E-state index >= 15 is 0 Å². The van der Waals surface area contributed by atoms with Crippen LogP contribution in [0, 0.1) is 0 Å². The van der Waals surface area contributed by atoms with Gasteiger partial charge in [0.1, 0.15) is 10.6 Å². The minimum atomic E-state index is -0.423. The molecule has 2 rings (SSSR count). The largest absolute Gasteiger partial charge is 0.508 e. The summed E-state index contributed by atoms with van der Waals surface area (Å²) in [5.74, 6) is -0.296. The molecular weight excluding hydrogens is 248 g/mol. The van der Waals surface area contributed by atoms with Crippen molar-refractivity contribution in [2.24, 2.45) is 0 Å². The molecule has 0 saturated carbocycles. The van der Waals surface area contributed by atoms with Crippen LogP contribution in [0.5, 0.6) is 5.75 Å². The number of fused-ring (bicyclic) bond motifs is 1. The SMILES string of the molecule is CCOC(=O)c1sc2ccc(O)cc2c1Cl. The van der Waals surface area contributed by atoms with Crippen molar-refractivity contribution in [3.8, 4) is 5.75 Å². The lowest BCUT2D eigenvalue weighted by Gasteiger charge is -1.98. The van der Waals surface area contributed by atoms with Gasteiger partial charge in [0.05, 0.1) is 11.6 Å². The van der Waals surface area contributed by atoms with Gasteiger partial charge in [-0.05, 0) is 25.1 Å². The lowest BCUT2D eigenvalue weighted by molar-refractivity contribution is 0.0532. The summed E-state index contributed by atoms with van der Waals surface area (Å²) in [7, 11) is 0. The maximum Gasteiger partial charge on any atom is 0.349 e. The first-order chi connectivity index (χ1) is 7.63. The van der Waals surface area contributed by atoms with Crippen LogP contribution in [0.15, 0.2) is 18.2 Å². The van der Waals surface area contributed by atoms with Crippen LogP contribution in [0.1, 0.15) is 16.6 Å². The molecular formula is C11H9ClO3S. The van der Waals surface area contributed by atoms with Crippen LogP contribution in [0.4, 0.5) is 0 Å². The molecule has 1 N–H and O–H groups in total. The minimum absolute atomic E-state index is 0.127. The van der Waals surface area contributed by atoms with E-state index in [1.807, 2.05) is 0 Å². The van der Waals surface area contributed by atoms with Crippen LogP contribution in [-0.2, 0) is 4.74 Å². The van der Waals surface area contributed by atoms with Crippen molar-refractivity contribution in [1.29, 1.82) is 0 Å². The fourth-order valence-corrected chi connectivity index (χ4v) is 2.76. The highest BCUT2D eigenvalue weighted by Crippen LogP contribution is 2.37. The van der Waals surface area contributed by atoms with Gasteiger partial charge >= 0.3 is 5.97 Å². The third-order valence-corrected chi connectivity index (χ3v) is 3.73. The van der Waals surface area contributed by atoms with Crippen molar-refractivity contribution in [3.05, 3.63) is 28.1 Å². The minimum Gasteiger partial charge on any atom is -0.508 e. The van der Waals surface area contributed by atoms with Crippen LogP contribution >= 0.6 is 22.9 Å². The van der Waals surface area contributed by atoms with Gasteiger partial charge in [-0.3, -0.25) is 0 Å². The van der Waals surface area contributed by atoms with E-state index in [9.17, 15) is 9.90 Å². The Bertz CT molecular complexity index is 547. The molecule has 0 amide bonds. The molecule has 3 nitrogen and oxygen atoms in total.